The summed E-state index contributed by atoms with van der Waals surface area (Å²) >= 11 is 0. The van der Waals surface area contributed by atoms with E-state index in [0.29, 0.717) is 5.54 Å². The zero-order valence-electron chi connectivity index (χ0n) is 9.34. The summed E-state index contributed by atoms with van der Waals surface area (Å²) in [6.45, 7) is 7.86. The maximum atomic E-state index is 2.78. The molecule has 0 amide bonds. The molecule has 2 heterocycles. The monoisotopic (exact) mass is 194 g/mol. The second-order valence-electron chi connectivity index (χ2n) is 5.63. The van der Waals surface area contributed by atoms with Gasteiger partial charge in [-0.3, -0.25) is 9.80 Å². The third-order valence-electron chi connectivity index (χ3n) is 4.78. The molecular formula is C12H22N2. The summed E-state index contributed by atoms with van der Waals surface area (Å²) in [5.74, 6) is 0. The number of hydrogen-bond donors (Lipinski definition) is 0. The van der Waals surface area contributed by atoms with Gasteiger partial charge in [0.1, 0.15) is 0 Å². The highest BCUT2D eigenvalue weighted by atomic mass is 15.3. The van der Waals surface area contributed by atoms with E-state index in [-0.39, 0.29) is 0 Å². The number of hydrogen-bond acceptors (Lipinski definition) is 2. The van der Waals surface area contributed by atoms with Gasteiger partial charge in [-0.25, -0.2) is 0 Å². The average Bonchev–Trinajstić information content (AvgIpc) is 2.60. The fourth-order valence-electron chi connectivity index (χ4n) is 3.49. The molecule has 3 fully saturated rings. The van der Waals surface area contributed by atoms with Crippen molar-refractivity contribution in [3.63, 3.8) is 0 Å². The predicted octanol–water partition coefficient (Wildman–Crippen LogP) is 1.71. The Kier molecular flexibility index (Phi) is 2.10. The van der Waals surface area contributed by atoms with Gasteiger partial charge in [-0.15, -0.1) is 0 Å². The fourth-order valence-corrected chi connectivity index (χ4v) is 3.49. The highest BCUT2D eigenvalue weighted by molar-refractivity contribution is 4.98. The Bertz CT molecular complexity index is 222. The number of fused-ring (bicyclic) bond motifs is 1. The second kappa shape index (κ2) is 3.21. The molecule has 1 saturated carbocycles. The number of piperazine rings is 1. The van der Waals surface area contributed by atoms with Crippen LogP contribution < -0.4 is 0 Å². The molecule has 3 rings (SSSR count). The number of nitrogens with zero attached hydrogens (tertiary/aromatic N) is 2. The van der Waals surface area contributed by atoms with Crippen LogP contribution in [0.3, 0.4) is 0 Å². The summed E-state index contributed by atoms with van der Waals surface area (Å²) in [7, 11) is 0. The first kappa shape index (κ1) is 9.17. The van der Waals surface area contributed by atoms with Crippen molar-refractivity contribution in [2.75, 3.05) is 26.2 Å². The van der Waals surface area contributed by atoms with Gasteiger partial charge in [-0.2, -0.15) is 0 Å². The van der Waals surface area contributed by atoms with Crippen LogP contribution in [-0.4, -0.2) is 47.6 Å². The molecule has 0 aromatic rings. The smallest absolute Gasteiger partial charge is 0.0224 e. The van der Waals surface area contributed by atoms with Crippen molar-refractivity contribution in [1.82, 2.24) is 9.80 Å². The van der Waals surface area contributed by atoms with Crippen molar-refractivity contribution in [2.24, 2.45) is 0 Å². The summed E-state index contributed by atoms with van der Waals surface area (Å²) in [4.78, 5) is 5.49. The minimum atomic E-state index is 0.592. The molecule has 0 N–H and O–H groups in total. The van der Waals surface area contributed by atoms with Crippen LogP contribution in [0.25, 0.3) is 0 Å². The van der Waals surface area contributed by atoms with Crippen LogP contribution >= 0.6 is 0 Å². The Hall–Kier alpha value is -0.0800. The maximum absolute atomic E-state index is 2.78. The Balaban J connectivity index is 1.66. The fraction of sp³-hybridized carbons (Fsp3) is 1.00. The first-order valence-electron chi connectivity index (χ1n) is 6.27. The van der Waals surface area contributed by atoms with Crippen molar-refractivity contribution >= 4 is 0 Å². The van der Waals surface area contributed by atoms with E-state index in [4.69, 9.17) is 0 Å². The molecule has 2 aliphatic heterocycles. The number of rotatable bonds is 1. The highest BCUT2D eigenvalue weighted by Crippen LogP contribution is 2.39. The highest BCUT2D eigenvalue weighted by Gasteiger charge is 2.42. The van der Waals surface area contributed by atoms with Gasteiger partial charge in [0.05, 0.1) is 0 Å². The topological polar surface area (TPSA) is 6.48 Å². The van der Waals surface area contributed by atoms with Crippen molar-refractivity contribution in [1.29, 1.82) is 0 Å². The van der Waals surface area contributed by atoms with Gasteiger partial charge in [0.2, 0.25) is 0 Å². The minimum Gasteiger partial charge on any atom is -0.298 e. The minimum absolute atomic E-state index is 0.592. The Morgan fingerprint density at radius 1 is 1.07 bits per heavy atom. The summed E-state index contributed by atoms with van der Waals surface area (Å²) < 4.78 is 0. The van der Waals surface area contributed by atoms with E-state index in [0.717, 1.165) is 6.04 Å². The zero-order valence-corrected chi connectivity index (χ0v) is 9.34. The van der Waals surface area contributed by atoms with Gasteiger partial charge in [0.15, 0.2) is 0 Å². The molecule has 2 heteroatoms. The molecule has 0 radical (unpaired) electrons. The lowest BCUT2D eigenvalue weighted by Gasteiger charge is -2.52. The predicted molar refractivity (Wildman–Crippen MR) is 58.4 cm³/mol. The SMILES string of the molecule is CC1(N2CCN3CCCC3C2)CCC1. The Labute approximate surface area is 87.3 Å². The van der Waals surface area contributed by atoms with Gasteiger partial charge in [0, 0.05) is 31.2 Å². The average molecular weight is 194 g/mol. The van der Waals surface area contributed by atoms with Gasteiger partial charge in [0.25, 0.3) is 0 Å². The lowest BCUT2D eigenvalue weighted by Crippen LogP contribution is -2.60. The lowest BCUT2D eigenvalue weighted by atomic mass is 9.76. The van der Waals surface area contributed by atoms with Gasteiger partial charge in [-0.1, -0.05) is 0 Å². The summed E-state index contributed by atoms with van der Waals surface area (Å²) in [5, 5.41) is 0. The van der Waals surface area contributed by atoms with Crippen molar-refractivity contribution in [2.45, 2.75) is 50.6 Å². The normalized spacial score (nSPS) is 37.9. The van der Waals surface area contributed by atoms with Crippen LogP contribution in [-0.2, 0) is 0 Å². The van der Waals surface area contributed by atoms with E-state index in [1.54, 1.807) is 0 Å². The molecule has 1 unspecified atom stereocenters. The first-order chi connectivity index (χ1) is 6.78. The standard InChI is InChI=1S/C12H22N2/c1-12(5-3-6-12)14-9-8-13-7-2-4-11(13)10-14/h11H,2-10H2,1H3. The Morgan fingerprint density at radius 2 is 1.93 bits per heavy atom. The molecule has 1 aliphatic carbocycles. The van der Waals surface area contributed by atoms with Crippen molar-refractivity contribution in [3.05, 3.63) is 0 Å². The first-order valence-corrected chi connectivity index (χ1v) is 6.27. The second-order valence-corrected chi connectivity index (χ2v) is 5.63. The van der Waals surface area contributed by atoms with Crippen LogP contribution in [0.1, 0.15) is 39.0 Å². The molecule has 80 valence electrons. The molecule has 14 heavy (non-hydrogen) atoms. The van der Waals surface area contributed by atoms with E-state index in [2.05, 4.69) is 16.7 Å². The third kappa shape index (κ3) is 1.31. The van der Waals surface area contributed by atoms with Crippen LogP contribution in [0.2, 0.25) is 0 Å². The molecule has 3 aliphatic rings. The van der Waals surface area contributed by atoms with Crippen molar-refractivity contribution < 1.29 is 0 Å². The van der Waals surface area contributed by atoms with E-state index < -0.39 is 0 Å². The van der Waals surface area contributed by atoms with Crippen LogP contribution in [0, 0.1) is 0 Å². The van der Waals surface area contributed by atoms with Crippen LogP contribution in [0.4, 0.5) is 0 Å². The largest absolute Gasteiger partial charge is 0.298 e. The molecule has 0 aromatic carbocycles. The van der Waals surface area contributed by atoms with Crippen LogP contribution in [0.5, 0.6) is 0 Å². The van der Waals surface area contributed by atoms with Crippen LogP contribution in [0.15, 0.2) is 0 Å². The maximum Gasteiger partial charge on any atom is 0.0224 e. The van der Waals surface area contributed by atoms with E-state index in [1.165, 1.54) is 58.3 Å². The molecule has 0 bridgehead atoms. The van der Waals surface area contributed by atoms with Crippen molar-refractivity contribution in [3.8, 4) is 0 Å². The summed E-state index contributed by atoms with van der Waals surface area (Å²) in [6, 6.07) is 0.904. The molecule has 2 saturated heterocycles. The summed E-state index contributed by atoms with van der Waals surface area (Å²) in [5.41, 5.74) is 0.592. The third-order valence-corrected chi connectivity index (χ3v) is 4.78. The molecule has 2 nitrogen and oxygen atoms in total. The zero-order chi connectivity index (χ0) is 9.60. The lowest BCUT2D eigenvalue weighted by molar-refractivity contribution is -0.0194. The molecule has 0 spiro atoms. The molecule has 0 aromatic heterocycles. The van der Waals surface area contributed by atoms with E-state index >= 15 is 0 Å². The van der Waals surface area contributed by atoms with E-state index in [9.17, 15) is 0 Å². The Morgan fingerprint density at radius 3 is 2.64 bits per heavy atom. The quantitative estimate of drug-likeness (QED) is 0.627. The van der Waals surface area contributed by atoms with E-state index in [1.807, 2.05) is 0 Å². The molecular weight excluding hydrogens is 172 g/mol. The summed E-state index contributed by atoms with van der Waals surface area (Å²) in [6.07, 6.45) is 7.24. The molecule has 1 atom stereocenters. The van der Waals surface area contributed by atoms with Gasteiger partial charge >= 0.3 is 0 Å². The van der Waals surface area contributed by atoms with Gasteiger partial charge in [-0.05, 0) is 45.6 Å². The van der Waals surface area contributed by atoms with Gasteiger partial charge < -0.3 is 0 Å².